The lowest BCUT2D eigenvalue weighted by molar-refractivity contribution is 0.626. The third kappa shape index (κ3) is 5.33. The average molecular weight is 525 g/mol. The number of halogens is 2. The standard InChI is InChI=1S/C23H20BrFN6.C2H6.CH4/c1-15(16-2-4-20(25)5-3-16)18-11-26-22(27-12-18)17-6-8-30(9-7-17)23-21-10-19(24)13-31(21)29-14-28-23;1-2;/h2-6,10-15H,7-9H2,1H3;1-2H3;1H4. The van der Waals surface area contributed by atoms with Crippen molar-refractivity contribution in [3.8, 4) is 0 Å². The highest BCUT2D eigenvalue weighted by atomic mass is 79.9. The predicted octanol–water partition coefficient (Wildman–Crippen LogP) is 6.53. The monoisotopic (exact) mass is 524 g/mol. The van der Waals surface area contributed by atoms with E-state index in [1.54, 1.807) is 18.5 Å². The van der Waals surface area contributed by atoms with Crippen molar-refractivity contribution in [2.24, 2.45) is 0 Å². The van der Waals surface area contributed by atoms with Crippen LogP contribution in [0.1, 0.15) is 57.5 Å². The zero-order valence-corrected chi connectivity index (χ0v) is 20.5. The van der Waals surface area contributed by atoms with E-state index in [4.69, 9.17) is 0 Å². The molecule has 178 valence electrons. The van der Waals surface area contributed by atoms with Gasteiger partial charge in [0.15, 0.2) is 11.6 Å². The second kappa shape index (κ2) is 11.3. The van der Waals surface area contributed by atoms with Crippen molar-refractivity contribution in [3.63, 3.8) is 0 Å². The molecular formula is C26H30BrFN6. The summed E-state index contributed by atoms with van der Waals surface area (Å²) >= 11 is 3.50. The Morgan fingerprint density at radius 2 is 1.74 bits per heavy atom. The molecule has 34 heavy (non-hydrogen) atoms. The van der Waals surface area contributed by atoms with Gasteiger partial charge >= 0.3 is 0 Å². The Balaban J connectivity index is 0.00000105. The second-order valence-corrected chi connectivity index (χ2v) is 8.53. The fourth-order valence-electron chi connectivity index (χ4n) is 3.86. The van der Waals surface area contributed by atoms with Crippen molar-refractivity contribution < 1.29 is 4.39 Å². The lowest BCUT2D eigenvalue weighted by Gasteiger charge is -2.27. The third-order valence-corrected chi connectivity index (χ3v) is 6.12. The van der Waals surface area contributed by atoms with Gasteiger partial charge in [0.05, 0.1) is 0 Å². The smallest absolute Gasteiger partial charge is 0.156 e. The van der Waals surface area contributed by atoms with Crippen molar-refractivity contribution in [2.45, 2.75) is 40.5 Å². The molecule has 1 aliphatic rings. The molecule has 4 heterocycles. The Labute approximate surface area is 208 Å². The molecule has 1 atom stereocenters. The maximum atomic E-state index is 13.2. The quantitative estimate of drug-likeness (QED) is 0.303. The molecule has 8 heteroatoms. The molecule has 0 aliphatic carbocycles. The van der Waals surface area contributed by atoms with E-state index >= 15 is 0 Å². The van der Waals surface area contributed by atoms with E-state index in [0.717, 1.165) is 57.8 Å². The topological polar surface area (TPSA) is 59.2 Å². The fraction of sp³-hybridized carbons (Fsp3) is 0.308. The molecule has 1 aliphatic heterocycles. The summed E-state index contributed by atoms with van der Waals surface area (Å²) in [4.78, 5) is 15.9. The number of fused-ring (bicyclic) bond motifs is 1. The Bertz CT molecular complexity index is 1250. The minimum atomic E-state index is -0.229. The molecule has 1 aromatic carbocycles. The highest BCUT2D eigenvalue weighted by molar-refractivity contribution is 9.10. The Kier molecular flexibility index (Phi) is 8.50. The maximum absolute atomic E-state index is 13.2. The Hall–Kier alpha value is -3.13. The van der Waals surface area contributed by atoms with E-state index in [1.165, 1.54) is 12.1 Å². The van der Waals surface area contributed by atoms with Gasteiger partial charge in [0, 0.05) is 42.1 Å². The van der Waals surface area contributed by atoms with Crippen molar-refractivity contribution in [1.29, 1.82) is 0 Å². The first-order valence-corrected chi connectivity index (χ1v) is 11.9. The van der Waals surface area contributed by atoms with Crippen LogP contribution in [0, 0.1) is 5.82 Å². The number of aromatic nitrogens is 5. The first-order chi connectivity index (χ1) is 16.1. The summed E-state index contributed by atoms with van der Waals surface area (Å²) < 4.78 is 16.0. The minimum absolute atomic E-state index is 0. The molecule has 0 N–H and O–H groups in total. The lowest BCUT2D eigenvalue weighted by atomic mass is 9.95. The van der Waals surface area contributed by atoms with Crippen LogP contribution in [0.2, 0.25) is 0 Å². The van der Waals surface area contributed by atoms with E-state index in [-0.39, 0.29) is 19.2 Å². The number of rotatable bonds is 4. The zero-order valence-electron chi connectivity index (χ0n) is 18.9. The van der Waals surface area contributed by atoms with Crippen LogP contribution in [0.5, 0.6) is 0 Å². The lowest BCUT2D eigenvalue weighted by Crippen LogP contribution is -2.29. The van der Waals surface area contributed by atoms with E-state index in [0.29, 0.717) is 0 Å². The summed E-state index contributed by atoms with van der Waals surface area (Å²) in [5.74, 6) is 1.55. The van der Waals surface area contributed by atoms with Crippen molar-refractivity contribution in [2.75, 3.05) is 18.0 Å². The molecule has 0 fully saturated rings. The van der Waals surface area contributed by atoms with Crippen LogP contribution in [0.15, 0.2) is 65.8 Å². The average Bonchev–Trinajstić information content (AvgIpc) is 3.26. The first kappa shape index (κ1) is 25.5. The summed E-state index contributed by atoms with van der Waals surface area (Å²) in [5, 5.41) is 4.26. The van der Waals surface area contributed by atoms with Gasteiger partial charge in [0.2, 0.25) is 0 Å². The van der Waals surface area contributed by atoms with Crippen molar-refractivity contribution >= 4 is 32.8 Å². The molecule has 6 nitrogen and oxygen atoms in total. The van der Waals surface area contributed by atoms with Gasteiger partial charge in [-0.15, -0.1) is 0 Å². The summed E-state index contributed by atoms with van der Waals surface area (Å²) in [5.41, 5.74) is 4.16. The van der Waals surface area contributed by atoms with Crippen LogP contribution < -0.4 is 4.90 Å². The van der Waals surface area contributed by atoms with Crippen LogP contribution in [0.4, 0.5) is 10.2 Å². The van der Waals surface area contributed by atoms with Crippen LogP contribution in [0.3, 0.4) is 0 Å². The van der Waals surface area contributed by atoms with Crippen LogP contribution >= 0.6 is 15.9 Å². The number of hydrogen-bond donors (Lipinski definition) is 0. The van der Waals surface area contributed by atoms with Gasteiger partial charge in [-0.3, -0.25) is 0 Å². The molecule has 5 rings (SSSR count). The summed E-state index contributed by atoms with van der Waals surface area (Å²) in [6.07, 6.45) is 10.3. The first-order valence-electron chi connectivity index (χ1n) is 11.1. The van der Waals surface area contributed by atoms with Gasteiger partial charge in [-0.05, 0) is 57.2 Å². The maximum Gasteiger partial charge on any atom is 0.156 e. The van der Waals surface area contributed by atoms with Gasteiger partial charge < -0.3 is 4.90 Å². The van der Waals surface area contributed by atoms with E-state index in [1.807, 2.05) is 43.0 Å². The molecule has 4 aromatic rings. The molecule has 0 saturated heterocycles. The van der Waals surface area contributed by atoms with Crippen LogP contribution in [0.25, 0.3) is 11.1 Å². The molecule has 0 saturated carbocycles. The van der Waals surface area contributed by atoms with Gasteiger partial charge in [-0.2, -0.15) is 5.10 Å². The fourth-order valence-corrected chi connectivity index (χ4v) is 4.28. The molecule has 3 aromatic heterocycles. The van der Waals surface area contributed by atoms with E-state index in [2.05, 4.69) is 53.9 Å². The van der Waals surface area contributed by atoms with E-state index in [9.17, 15) is 4.39 Å². The van der Waals surface area contributed by atoms with Crippen LogP contribution in [-0.4, -0.2) is 37.7 Å². The molecule has 0 spiro atoms. The van der Waals surface area contributed by atoms with Gasteiger partial charge in [-0.1, -0.05) is 46.4 Å². The highest BCUT2D eigenvalue weighted by Crippen LogP contribution is 2.28. The molecular weight excluding hydrogens is 495 g/mol. The third-order valence-electron chi connectivity index (χ3n) is 5.69. The van der Waals surface area contributed by atoms with Crippen LogP contribution in [-0.2, 0) is 0 Å². The number of hydrogen-bond acceptors (Lipinski definition) is 5. The summed E-state index contributed by atoms with van der Waals surface area (Å²) in [6.45, 7) is 7.64. The number of benzene rings is 1. The molecule has 0 bridgehead atoms. The SMILES string of the molecule is C.CC.CC(c1ccc(F)cc1)c1cnc(C2=CCN(c3ncnn4cc(Br)cc34)CC2)nc1. The number of nitrogens with zero attached hydrogens (tertiary/aromatic N) is 6. The Morgan fingerprint density at radius 3 is 2.38 bits per heavy atom. The minimum Gasteiger partial charge on any atom is -0.351 e. The molecule has 1 unspecified atom stereocenters. The largest absolute Gasteiger partial charge is 0.351 e. The number of anilines is 1. The molecule has 0 radical (unpaired) electrons. The summed E-state index contributed by atoms with van der Waals surface area (Å²) in [6, 6.07) is 8.60. The molecule has 0 amide bonds. The van der Waals surface area contributed by atoms with Crippen molar-refractivity contribution in [1.82, 2.24) is 24.6 Å². The predicted molar refractivity (Wildman–Crippen MR) is 140 cm³/mol. The Morgan fingerprint density at radius 1 is 1.03 bits per heavy atom. The van der Waals surface area contributed by atoms with Gasteiger partial charge in [-0.25, -0.2) is 23.9 Å². The van der Waals surface area contributed by atoms with Crippen molar-refractivity contribution in [3.05, 3.63) is 88.6 Å². The van der Waals surface area contributed by atoms with E-state index < -0.39 is 0 Å². The summed E-state index contributed by atoms with van der Waals surface area (Å²) in [7, 11) is 0. The zero-order chi connectivity index (χ0) is 23.4. The van der Waals surface area contributed by atoms with Gasteiger partial charge in [0.25, 0.3) is 0 Å². The highest BCUT2D eigenvalue weighted by Gasteiger charge is 2.19. The second-order valence-electron chi connectivity index (χ2n) is 7.61. The van der Waals surface area contributed by atoms with Gasteiger partial charge in [0.1, 0.15) is 17.7 Å². The normalized spacial score (nSPS) is 14.0.